The van der Waals surface area contributed by atoms with Crippen molar-refractivity contribution in [1.29, 1.82) is 0 Å². The highest BCUT2D eigenvalue weighted by molar-refractivity contribution is 6.08. The first-order valence-corrected chi connectivity index (χ1v) is 11.7. The predicted octanol–water partition coefficient (Wildman–Crippen LogP) is 4.84. The molecule has 33 heavy (non-hydrogen) atoms. The van der Waals surface area contributed by atoms with Crippen LogP contribution in [0, 0.1) is 6.92 Å². The molecule has 4 aromatic rings. The van der Waals surface area contributed by atoms with Crippen LogP contribution in [0.25, 0.3) is 21.8 Å². The van der Waals surface area contributed by atoms with Gasteiger partial charge in [0.05, 0.1) is 5.52 Å². The lowest BCUT2D eigenvalue weighted by Crippen LogP contribution is -2.45. The van der Waals surface area contributed by atoms with E-state index in [0.29, 0.717) is 17.8 Å². The van der Waals surface area contributed by atoms with Crippen molar-refractivity contribution in [3.05, 3.63) is 77.0 Å². The fourth-order valence-corrected chi connectivity index (χ4v) is 5.05. The number of nitrogens with two attached hydrogens (primary N) is 2. The van der Waals surface area contributed by atoms with Gasteiger partial charge in [-0.2, -0.15) is 0 Å². The summed E-state index contributed by atoms with van der Waals surface area (Å²) >= 11 is 0. The van der Waals surface area contributed by atoms with Gasteiger partial charge in [0, 0.05) is 29.1 Å². The minimum absolute atomic E-state index is 0.110. The van der Waals surface area contributed by atoms with Gasteiger partial charge in [-0.05, 0) is 81.1 Å². The highest BCUT2D eigenvalue weighted by Gasteiger charge is 2.24. The molecule has 0 aliphatic carbocycles. The predicted molar refractivity (Wildman–Crippen MR) is 140 cm³/mol. The van der Waals surface area contributed by atoms with Crippen LogP contribution >= 0.6 is 0 Å². The SMILES string of the molecule is Cc1ccc2c(c1)nc(N)c1ncc(CCc3ccc(C(C)C(C(C)N)N(C)C)cc3)cc12. The lowest BCUT2D eigenvalue weighted by Gasteiger charge is -2.33. The van der Waals surface area contributed by atoms with E-state index in [2.05, 4.69) is 98.3 Å². The normalized spacial score (nSPS) is 14.6. The highest BCUT2D eigenvalue weighted by Crippen LogP contribution is 2.28. The lowest BCUT2D eigenvalue weighted by atomic mass is 9.88. The molecular formula is C28H35N5. The van der Waals surface area contributed by atoms with Crippen molar-refractivity contribution < 1.29 is 0 Å². The van der Waals surface area contributed by atoms with E-state index in [1.807, 2.05) is 6.20 Å². The van der Waals surface area contributed by atoms with E-state index in [1.165, 1.54) is 22.3 Å². The van der Waals surface area contributed by atoms with E-state index in [-0.39, 0.29) is 6.04 Å². The van der Waals surface area contributed by atoms with Gasteiger partial charge in [0.25, 0.3) is 0 Å². The van der Waals surface area contributed by atoms with Gasteiger partial charge in [0.1, 0.15) is 5.52 Å². The fourth-order valence-electron chi connectivity index (χ4n) is 5.05. The summed E-state index contributed by atoms with van der Waals surface area (Å²) in [4.78, 5) is 11.4. The Hall–Kier alpha value is -3.02. The molecule has 172 valence electrons. The lowest BCUT2D eigenvalue weighted by molar-refractivity contribution is 0.230. The number of rotatable bonds is 7. The molecule has 3 atom stereocenters. The Morgan fingerprint density at radius 3 is 2.27 bits per heavy atom. The molecule has 4 rings (SSSR count). The van der Waals surface area contributed by atoms with Crippen LogP contribution in [0.5, 0.6) is 0 Å². The quantitative estimate of drug-likeness (QED) is 0.401. The van der Waals surface area contributed by atoms with Crippen LogP contribution in [0.1, 0.15) is 42.0 Å². The Morgan fingerprint density at radius 1 is 0.909 bits per heavy atom. The van der Waals surface area contributed by atoms with Crippen molar-refractivity contribution in [2.45, 2.75) is 51.6 Å². The molecule has 2 aromatic heterocycles. The van der Waals surface area contributed by atoms with Crippen LogP contribution in [0.15, 0.2) is 54.7 Å². The second-order valence-corrected chi connectivity index (χ2v) is 9.60. The number of aromatic nitrogens is 2. The first-order chi connectivity index (χ1) is 15.7. The molecule has 0 aliphatic rings. The van der Waals surface area contributed by atoms with Gasteiger partial charge in [-0.3, -0.25) is 4.98 Å². The molecule has 4 N–H and O–H groups in total. The minimum Gasteiger partial charge on any atom is -0.382 e. The van der Waals surface area contributed by atoms with Gasteiger partial charge in [0.2, 0.25) is 0 Å². The van der Waals surface area contributed by atoms with Crippen LogP contribution in [-0.2, 0) is 12.8 Å². The number of hydrogen-bond donors (Lipinski definition) is 2. The standard InChI is InChI=1S/C28H35N5/c1-17-6-13-23-24-15-21(16-31-26(24)28(30)32-25(23)14-17)8-7-20-9-11-22(12-10-20)18(2)27(19(3)29)33(4)5/h6,9-16,18-19,27H,7-8,29H2,1-5H3,(H2,30,32). The summed E-state index contributed by atoms with van der Waals surface area (Å²) < 4.78 is 0. The van der Waals surface area contributed by atoms with E-state index in [4.69, 9.17) is 11.5 Å². The highest BCUT2D eigenvalue weighted by atomic mass is 15.1. The Balaban J connectivity index is 1.53. The molecule has 0 fully saturated rings. The van der Waals surface area contributed by atoms with Gasteiger partial charge >= 0.3 is 0 Å². The van der Waals surface area contributed by atoms with Crippen molar-refractivity contribution in [2.75, 3.05) is 19.8 Å². The smallest absolute Gasteiger partial charge is 0.150 e. The van der Waals surface area contributed by atoms with Crippen molar-refractivity contribution in [3.8, 4) is 0 Å². The number of pyridine rings is 2. The summed E-state index contributed by atoms with van der Waals surface area (Å²) in [5.74, 6) is 0.858. The van der Waals surface area contributed by atoms with Crippen LogP contribution in [0.2, 0.25) is 0 Å². The fraction of sp³-hybridized carbons (Fsp3) is 0.357. The van der Waals surface area contributed by atoms with Crippen molar-refractivity contribution in [3.63, 3.8) is 0 Å². The molecule has 2 aromatic carbocycles. The van der Waals surface area contributed by atoms with Gasteiger partial charge < -0.3 is 16.4 Å². The molecule has 3 unspecified atom stereocenters. The van der Waals surface area contributed by atoms with Crippen molar-refractivity contribution in [1.82, 2.24) is 14.9 Å². The van der Waals surface area contributed by atoms with Crippen LogP contribution in [-0.4, -0.2) is 41.0 Å². The summed E-state index contributed by atoms with van der Waals surface area (Å²) in [7, 11) is 4.20. The monoisotopic (exact) mass is 441 g/mol. The molecule has 0 aliphatic heterocycles. The molecule has 5 heteroatoms. The number of fused-ring (bicyclic) bond motifs is 3. The second-order valence-electron chi connectivity index (χ2n) is 9.60. The first-order valence-electron chi connectivity index (χ1n) is 11.7. The summed E-state index contributed by atoms with van der Waals surface area (Å²) in [6, 6.07) is 17.9. The minimum atomic E-state index is 0.110. The topological polar surface area (TPSA) is 81.1 Å². The number of benzene rings is 2. The summed E-state index contributed by atoms with van der Waals surface area (Å²) in [5, 5.41) is 2.17. The second kappa shape index (κ2) is 9.46. The average Bonchev–Trinajstić information content (AvgIpc) is 2.77. The number of hydrogen-bond acceptors (Lipinski definition) is 5. The summed E-state index contributed by atoms with van der Waals surface area (Å²) in [5.41, 5.74) is 19.2. The third kappa shape index (κ3) is 4.85. The number of anilines is 1. The number of aryl methyl sites for hydroxylation is 3. The average molecular weight is 442 g/mol. The molecule has 2 heterocycles. The van der Waals surface area contributed by atoms with Crippen molar-refractivity contribution in [2.24, 2.45) is 5.73 Å². The zero-order chi connectivity index (χ0) is 23.7. The van der Waals surface area contributed by atoms with Crippen molar-refractivity contribution >= 4 is 27.6 Å². The van der Waals surface area contributed by atoms with Gasteiger partial charge in [0.15, 0.2) is 5.82 Å². The molecule has 0 bridgehead atoms. The first kappa shape index (κ1) is 23.1. The van der Waals surface area contributed by atoms with Gasteiger partial charge in [-0.15, -0.1) is 0 Å². The maximum absolute atomic E-state index is 6.25. The molecule has 5 nitrogen and oxygen atoms in total. The third-order valence-electron chi connectivity index (χ3n) is 6.73. The third-order valence-corrected chi connectivity index (χ3v) is 6.73. The Morgan fingerprint density at radius 2 is 1.61 bits per heavy atom. The van der Waals surface area contributed by atoms with E-state index >= 15 is 0 Å². The number of nitrogens with zero attached hydrogens (tertiary/aromatic N) is 3. The molecule has 0 spiro atoms. The Kier molecular flexibility index (Phi) is 6.63. The molecule has 0 amide bonds. The zero-order valence-corrected chi connectivity index (χ0v) is 20.3. The van der Waals surface area contributed by atoms with E-state index in [9.17, 15) is 0 Å². The van der Waals surface area contributed by atoms with Gasteiger partial charge in [-0.1, -0.05) is 43.3 Å². The maximum atomic E-state index is 6.25. The molecule has 0 saturated heterocycles. The number of likely N-dealkylation sites (N-methyl/N-ethyl adjacent to an activating group) is 1. The van der Waals surface area contributed by atoms with Crippen LogP contribution < -0.4 is 11.5 Å². The largest absolute Gasteiger partial charge is 0.382 e. The molecular weight excluding hydrogens is 406 g/mol. The Labute approximate surface area is 196 Å². The van der Waals surface area contributed by atoms with E-state index < -0.39 is 0 Å². The zero-order valence-electron chi connectivity index (χ0n) is 20.3. The van der Waals surface area contributed by atoms with Gasteiger partial charge in [-0.25, -0.2) is 4.98 Å². The molecule has 0 radical (unpaired) electrons. The maximum Gasteiger partial charge on any atom is 0.150 e. The summed E-state index contributed by atoms with van der Waals surface area (Å²) in [6.45, 7) is 6.41. The summed E-state index contributed by atoms with van der Waals surface area (Å²) in [6.07, 6.45) is 3.82. The van der Waals surface area contributed by atoms with Crippen LogP contribution in [0.4, 0.5) is 5.82 Å². The van der Waals surface area contributed by atoms with E-state index in [0.717, 1.165) is 34.6 Å². The Bertz CT molecular complexity index is 1250. The van der Waals surface area contributed by atoms with E-state index in [1.54, 1.807) is 0 Å². The number of nitrogen functional groups attached to an aromatic ring is 1. The van der Waals surface area contributed by atoms with Crippen LogP contribution in [0.3, 0.4) is 0 Å². The molecule has 0 saturated carbocycles.